The Morgan fingerprint density at radius 2 is 0.827 bits per heavy atom. The molecule has 0 radical (unpaired) electrons. The van der Waals surface area contributed by atoms with Gasteiger partial charge in [-0.05, 0) is 71.5 Å². The summed E-state index contributed by atoms with van der Waals surface area (Å²) in [4.78, 5) is -0.148. The van der Waals surface area contributed by atoms with E-state index in [4.69, 9.17) is 21.7 Å². The maximum absolute atomic E-state index is 12.4. The lowest BCUT2D eigenvalue weighted by Gasteiger charge is -2.12. The fourth-order valence-electron chi connectivity index (χ4n) is 6.22. The van der Waals surface area contributed by atoms with Crippen molar-refractivity contribution in [2.75, 3.05) is 11.5 Å². The zero-order valence-electron chi connectivity index (χ0n) is 28.6. The first-order valence-corrected chi connectivity index (χ1v) is 19.7. The van der Waals surface area contributed by atoms with Gasteiger partial charge in [-0.25, -0.2) is 27.1 Å². The van der Waals surface area contributed by atoms with Crippen molar-refractivity contribution < 1.29 is 16.8 Å². The summed E-state index contributed by atoms with van der Waals surface area (Å²) in [6.07, 6.45) is 3.15. The van der Waals surface area contributed by atoms with Crippen LogP contribution in [-0.4, -0.2) is 16.8 Å². The van der Waals surface area contributed by atoms with E-state index in [1.165, 1.54) is 12.1 Å². The average Bonchev–Trinajstić information content (AvgIpc) is 3.11. The molecule has 0 amide bonds. The number of nitrogens with zero attached hydrogens (tertiary/aromatic N) is 4. The molecule has 0 aliphatic heterocycles. The second-order valence-corrected chi connectivity index (χ2v) is 15.4. The van der Waals surface area contributed by atoms with Gasteiger partial charge in [0.25, 0.3) is 0 Å². The molecule has 6 rings (SSSR count). The predicted octanol–water partition coefficient (Wildman–Crippen LogP) is 8.86. The van der Waals surface area contributed by atoms with Crippen molar-refractivity contribution in [3.63, 3.8) is 0 Å². The third kappa shape index (κ3) is 7.41. The molecule has 266 valence electrons. The molecule has 0 atom stereocenters. The lowest BCUT2D eigenvalue weighted by molar-refractivity contribution is 0.597. The number of hydrogen-bond acceptors (Lipinski definition) is 10. The zero-order chi connectivity index (χ0) is 37.2. The van der Waals surface area contributed by atoms with E-state index in [-0.39, 0.29) is 21.2 Å². The van der Waals surface area contributed by atoms with Gasteiger partial charge in [0.05, 0.1) is 32.5 Å². The molecular weight excluding hydrogens is 697 g/mol. The van der Waals surface area contributed by atoms with Crippen LogP contribution in [-0.2, 0) is 32.9 Å². The number of sulfonamides is 2. The molecule has 0 saturated carbocycles. The lowest BCUT2D eigenvalue weighted by atomic mass is 9.96. The SMILES string of the molecule is CCCc1cc(-c2ccc(/N=N/c3cc(S(N)(=O)=O)c4ccccc4c3N)c(CCC)c2)ccc1/N=N/c1cc(S(N)(=O)=O)c2ccccc2c1N. The number of anilines is 2. The van der Waals surface area contributed by atoms with Crippen molar-refractivity contribution in [3.05, 3.63) is 108 Å². The maximum Gasteiger partial charge on any atom is 0.238 e. The standard InChI is InChI=1S/C38H38N8O4S2/c1-3-9-25-19-23(15-17-31(25)43-45-33-21-35(51(41,47)48)27-11-5-7-13-29(27)37(33)39)24-16-18-32(26(20-24)10-4-2)44-46-34-22-36(52(42,49)50)28-12-6-8-14-30(28)38(34)40/h5-8,11-22H,3-4,9-10,39-40H2,1-2H3,(H2,41,47,48)(H2,42,49,50)/b45-43+,46-44+. The van der Waals surface area contributed by atoms with Crippen molar-refractivity contribution >= 4 is 75.7 Å². The van der Waals surface area contributed by atoms with Gasteiger partial charge in [-0.2, -0.15) is 10.2 Å². The molecule has 0 aliphatic rings. The second-order valence-electron chi connectivity index (χ2n) is 12.4. The van der Waals surface area contributed by atoms with Crippen molar-refractivity contribution in [1.29, 1.82) is 0 Å². The highest BCUT2D eigenvalue weighted by Crippen LogP contribution is 2.39. The Morgan fingerprint density at radius 3 is 1.17 bits per heavy atom. The number of nitrogen functional groups attached to an aromatic ring is 2. The summed E-state index contributed by atoms with van der Waals surface area (Å²) in [5.41, 5.74) is 18.9. The van der Waals surface area contributed by atoms with Crippen LogP contribution < -0.4 is 21.7 Å². The van der Waals surface area contributed by atoms with Crippen molar-refractivity contribution in [1.82, 2.24) is 0 Å². The molecule has 0 aliphatic carbocycles. The Kier molecular flexibility index (Phi) is 10.2. The van der Waals surface area contributed by atoms with Crippen LogP contribution in [0.25, 0.3) is 32.7 Å². The number of nitrogens with two attached hydrogens (primary N) is 4. The lowest BCUT2D eigenvalue weighted by Crippen LogP contribution is -2.13. The molecule has 0 fully saturated rings. The van der Waals surface area contributed by atoms with Crippen LogP contribution >= 0.6 is 0 Å². The number of benzene rings is 6. The van der Waals surface area contributed by atoms with Crippen molar-refractivity contribution in [2.24, 2.45) is 30.7 Å². The minimum Gasteiger partial charge on any atom is -0.396 e. The first kappa shape index (κ1) is 36.3. The fraction of sp³-hybridized carbons (Fsp3) is 0.158. The number of hydrogen-bond donors (Lipinski definition) is 4. The zero-order valence-corrected chi connectivity index (χ0v) is 30.2. The molecule has 0 heterocycles. The van der Waals surface area contributed by atoms with E-state index >= 15 is 0 Å². The van der Waals surface area contributed by atoms with Gasteiger partial charge < -0.3 is 11.5 Å². The molecule has 14 heteroatoms. The van der Waals surface area contributed by atoms with Gasteiger partial charge in [-0.3, -0.25) is 0 Å². The smallest absolute Gasteiger partial charge is 0.238 e. The van der Waals surface area contributed by atoms with Crippen LogP contribution in [0.2, 0.25) is 0 Å². The van der Waals surface area contributed by atoms with Crippen molar-refractivity contribution in [2.45, 2.75) is 49.3 Å². The van der Waals surface area contributed by atoms with E-state index in [1.807, 2.05) is 24.3 Å². The summed E-state index contributed by atoms with van der Waals surface area (Å²) < 4.78 is 49.6. The Labute approximate surface area is 302 Å². The molecule has 0 saturated heterocycles. The van der Waals surface area contributed by atoms with E-state index in [9.17, 15) is 16.8 Å². The number of rotatable bonds is 11. The predicted molar refractivity (Wildman–Crippen MR) is 208 cm³/mol. The Bertz CT molecular complexity index is 2460. The van der Waals surface area contributed by atoms with Crippen LogP contribution in [0, 0.1) is 0 Å². The highest BCUT2D eigenvalue weighted by molar-refractivity contribution is 7.89. The molecule has 6 aromatic carbocycles. The summed E-state index contributed by atoms with van der Waals surface area (Å²) in [6, 6.07) is 28.2. The number of primary sulfonamides is 2. The molecule has 0 aromatic heterocycles. The van der Waals surface area contributed by atoms with Crippen LogP contribution in [0.3, 0.4) is 0 Å². The Balaban J connectivity index is 1.35. The van der Waals surface area contributed by atoms with Crippen LogP contribution in [0.4, 0.5) is 34.1 Å². The normalized spacial score (nSPS) is 12.5. The topological polar surface area (TPSA) is 222 Å². The number of azo groups is 2. The monoisotopic (exact) mass is 734 g/mol. The van der Waals surface area contributed by atoms with Gasteiger partial charge in [0.15, 0.2) is 0 Å². The first-order valence-electron chi connectivity index (χ1n) is 16.6. The Hall–Kier alpha value is -5.54. The van der Waals surface area contributed by atoms with E-state index in [0.717, 1.165) is 47.9 Å². The first-order chi connectivity index (χ1) is 24.8. The summed E-state index contributed by atoms with van der Waals surface area (Å²) in [5, 5.41) is 30.7. The van der Waals surface area contributed by atoms with Gasteiger partial charge in [0.1, 0.15) is 11.4 Å². The number of aryl methyl sites for hydroxylation is 2. The van der Waals surface area contributed by atoms with Gasteiger partial charge in [-0.15, -0.1) is 10.2 Å². The van der Waals surface area contributed by atoms with Gasteiger partial charge in [0, 0.05) is 21.5 Å². The highest BCUT2D eigenvalue weighted by Gasteiger charge is 2.19. The van der Waals surface area contributed by atoms with E-state index in [2.05, 4.69) is 46.4 Å². The molecule has 12 nitrogen and oxygen atoms in total. The van der Waals surface area contributed by atoms with E-state index in [1.54, 1.807) is 48.5 Å². The molecule has 6 aromatic rings. The second kappa shape index (κ2) is 14.6. The molecule has 0 bridgehead atoms. The van der Waals surface area contributed by atoms with Crippen molar-refractivity contribution in [3.8, 4) is 11.1 Å². The van der Waals surface area contributed by atoms with E-state index < -0.39 is 20.0 Å². The summed E-state index contributed by atoms with van der Waals surface area (Å²) >= 11 is 0. The molecule has 0 unspecified atom stereocenters. The molecule has 8 N–H and O–H groups in total. The average molecular weight is 735 g/mol. The number of fused-ring (bicyclic) bond motifs is 2. The van der Waals surface area contributed by atoms with Gasteiger partial charge in [0.2, 0.25) is 20.0 Å². The quantitative estimate of drug-likeness (QED) is 0.0751. The van der Waals surface area contributed by atoms with Gasteiger partial charge >= 0.3 is 0 Å². The molecule has 52 heavy (non-hydrogen) atoms. The largest absolute Gasteiger partial charge is 0.396 e. The molecular formula is C38H38N8O4S2. The highest BCUT2D eigenvalue weighted by atomic mass is 32.2. The van der Waals surface area contributed by atoms with E-state index in [0.29, 0.717) is 44.3 Å². The fourth-order valence-corrected chi connectivity index (χ4v) is 7.74. The maximum atomic E-state index is 12.4. The minimum absolute atomic E-state index is 0.0739. The Morgan fingerprint density at radius 1 is 0.481 bits per heavy atom. The van der Waals surface area contributed by atoms with Crippen LogP contribution in [0.15, 0.2) is 127 Å². The summed E-state index contributed by atoms with van der Waals surface area (Å²) in [6.45, 7) is 4.14. The summed E-state index contributed by atoms with van der Waals surface area (Å²) in [7, 11) is -8.11. The summed E-state index contributed by atoms with van der Waals surface area (Å²) in [5.74, 6) is 0. The third-order valence-electron chi connectivity index (χ3n) is 8.73. The van der Waals surface area contributed by atoms with Gasteiger partial charge in [-0.1, -0.05) is 87.4 Å². The van der Waals surface area contributed by atoms with Crippen LogP contribution in [0.5, 0.6) is 0 Å². The third-order valence-corrected chi connectivity index (χ3v) is 10.6. The van der Waals surface area contributed by atoms with Crippen LogP contribution in [0.1, 0.15) is 37.8 Å². The molecule has 0 spiro atoms. The minimum atomic E-state index is -4.05.